The first-order valence-electron chi connectivity index (χ1n) is 8.98. The highest BCUT2D eigenvalue weighted by Gasteiger charge is 2.41. The van der Waals surface area contributed by atoms with Gasteiger partial charge in [0.15, 0.2) is 0 Å². The number of rotatable bonds is 6. The van der Waals surface area contributed by atoms with E-state index in [1.165, 1.54) is 34.7 Å². The predicted octanol–water partition coefficient (Wildman–Crippen LogP) is 4.37. The van der Waals surface area contributed by atoms with E-state index in [9.17, 15) is 13.9 Å². The number of hydrogen-bond acceptors (Lipinski definition) is 5. The number of benzene rings is 2. The average Bonchev–Trinajstić information content (AvgIpc) is 3.40. The fraction of sp³-hybridized carbons (Fsp3) is 0.190. The minimum atomic E-state index is -1.71. The van der Waals surface area contributed by atoms with Crippen LogP contribution in [0.5, 0.6) is 0 Å². The van der Waals surface area contributed by atoms with Crippen molar-refractivity contribution in [2.24, 2.45) is 0 Å². The van der Waals surface area contributed by atoms with E-state index < -0.39 is 23.2 Å². The molecule has 0 saturated heterocycles. The Labute approximate surface area is 170 Å². The van der Waals surface area contributed by atoms with Gasteiger partial charge in [-0.2, -0.15) is 5.10 Å². The van der Waals surface area contributed by atoms with Crippen LogP contribution in [0.1, 0.15) is 23.4 Å². The number of halogens is 2. The molecule has 2 atom stereocenters. The Morgan fingerprint density at radius 2 is 1.97 bits per heavy atom. The second-order valence-corrected chi connectivity index (χ2v) is 7.69. The normalized spacial score (nSPS) is 14.5. The first kappa shape index (κ1) is 19.4. The molecular formula is C21H18F2N4OS. The van der Waals surface area contributed by atoms with Gasteiger partial charge in [-0.05, 0) is 6.07 Å². The van der Waals surface area contributed by atoms with Gasteiger partial charge in [0.2, 0.25) is 0 Å². The summed E-state index contributed by atoms with van der Waals surface area (Å²) in [4.78, 5) is 8.55. The molecule has 5 nitrogen and oxygen atoms in total. The third-order valence-electron chi connectivity index (χ3n) is 4.95. The first-order valence-corrected chi connectivity index (χ1v) is 9.86. The van der Waals surface area contributed by atoms with E-state index >= 15 is 0 Å². The Hall–Kier alpha value is -2.97. The van der Waals surface area contributed by atoms with Crippen LogP contribution in [0.3, 0.4) is 0 Å². The van der Waals surface area contributed by atoms with Crippen molar-refractivity contribution in [2.75, 3.05) is 0 Å². The van der Waals surface area contributed by atoms with E-state index in [-0.39, 0.29) is 12.1 Å². The third-order valence-corrected chi connectivity index (χ3v) is 5.97. The van der Waals surface area contributed by atoms with Crippen molar-refractivity contribution in [3.63, 3.8) is 0 Å². The maximum absolute atomic E-state index is 14.7. The Morgan fingerprint density at radius 1 is 1.17 bits per heavy atom. The topological polar surface area (TPSA) is 63.8 Å². The summed E-state index contributed by atoms with van der Waals surface area (Å²) in [7, 11) is 0. The van der Waals surface area contributed by atoms with E-state index in [1.54, 1.807) is 6.92 Å². The number of aliphatic hydroxyl groups is 1. The lowest BCUT2D eigenvalue weighted by atomic mass is 9.82. The van der Waals surface area contributed by atoms with Crippen LogP contribution in [0.25, 0.3) is 11.3 Å². The van der Waals surface area contributed by atoms with Gasteiger partial charge in [0.25, 0.3) is 0 Å². The van der Waals surface area contributed by atoms with Crippen LogP contribution in [0.15, 0.2) is 66.6 Å². The number of thiazole rings is 1. The van der Waals surface area contributed by atoms with Crippen molar-refractivity contribution in [1.29, 1.82) is 0 Å². The van der Waals surface area contributed by atoms with Crippen molar-refractivity contribution in [2.45, 2.75) is 25.0 Å². The van der Waals surface area contributed by atoms with Crippen molar-refractivity contribution in [1.82, 2.24) is 19.7 Å². The average molecular weight is 412 g/mol. The maximum Gasteiger partial charge on any atom is 0.137 e. The molecule has 0 aliphatic rings. The molecule has 0 bridgehead atoms. The van der Waals surface area contributed by atoms with Crippen LogP contribution in [0, 0.1) is 11.6 Å². The van der Waals surface area contributed by atoms with Gasteiger partial charge in [-0.15, -0.1) is 11.3 Å². The van der Waals surface area contributed by atoms with E-state index in [0.29, 0.717) is 5.01 Å². The third kappa shape index (κ3) is 3.81. The van der Waals surface area contributed by atoms with Crippen molar-refractivity contribution >= 4 is 11.3 Å². The molecule has 2 heterocycles. The summed E-state index contributed by atoms with van der Waals surface area (Å²) in [5.41, 5.74) is 0.00516. The van der Waals surface area contributed by atoms with Gasteiger partial charge < -0.3 is 5.11 Å². The summed E-state index contributed by atoms with van der Waals surface area (Å²) in [6.07, 6.45) is 2.78. The van der Waals surface area contributed by atoms with Gasteiger partial charge in [-0.3, -0.25) is 0 Å². The molecule has 0 saturated carbocycles. The van der Waals surface area contributed by atoms with Gasteiger partial charge in [0.05, 0.1) is 17.2 Å². The first-order chi connectivity index (χ1) is 14.0. The standard InChI is InChI=1S/C21H18F2N4OS/c1-14(20-26-19(10-29-20)15-5-3-2-4-6-15)21(28,11-27-13-24-12-25-27)17-8-7-16(22)9-18(17)23/h2-10,12-14,28H,11H2,1H3/t14-,21+/m0/s1. The second kappa shape index (κ2) is 7.81. The fourth-order valence-corrected chi connectivity index (χ4v) is 4.26. The summed E-state index contributed by atoms with van der Waals surface area (Å²) < 4.78 is 29.5. The molecule has 29 heavy (non-hydrogen) atoms. The SMILES string of the molecule is C[C@@H](c1nc(-c2ccccc2)cs1)[C@](O)(Cn1cncn1)c1ccc(F)cc1F. The minimum Gasteiger partial charge on any atom is -0.382 e. The molecule has 0 aliphatic carbocycles. The molecule has 4 rings (SSSR count). The monoisotopic (exact) mass is 412 g/mol. The Morgan fingerprint density at radius 3 is 2.66 bits per heavy atom. The van der Waals surface area contributed by atoms with Crippen LogP contribution in [-0.2, 0) is 12.1 Å². The molecule has 4 aromatic rings. The Balaban J connectivity index is 1.75. The summed E-state index contributed by atoms with van der Waals surface area (Å²) in [5.74, 6) is -2.11. The summed E-state index contributed by atoms with van der Waals surface area (Å²) in [6, 6.07) is 12.8. The van der Waals surface area contributed by atoms with Gasteiger partial charge >= 0.3 is 0 Å². The number of hydrogen-bond donors (Lipinski definition) is 1. The maximum atomic E-state index is 14.7. The van der Waals surface area contributed by atoms with E-state index in [0.717, 1.165) is 23.4 Å². The lowest BCUT2D eigenvalue weighted by molar-refractivity contribution is -0.0112. The highest BCUT2D eigenvalue weighted by Crippen LogP contribution is 2.41. The fourth-order valence-electron chi connectivity index (χ4n) is 3.29. The molecule has 0 spiro atoms. The summed E-state index contributed by atoms with van der Waals surface area (Å²) in [6.45, 7) is 1.71. The molecule has 0 amide bonds. The lowest BCUT2D eigenvalue weighted by Gasteiger charge is -2.33. The molecule has 8 heteroatoms. The molecule has 1 N–H and O–H groups in total. The quantitative estimate of drug-likeness (QED) is 0.511. The van der Waals surface area contributed by atoms with Gasteiger partial charge in [-0.25, -0.2) is 23.4 Å². The zero-order valence-corrected chi connectivity index (χ0v) is 16.4. The highest BCUT2D eigenvalue weighted by atomic mass is 32.1. The smallest absolute Gasteiger partial charge is 0.137 e. The van der Waals surface area contributed by atoms with Crippen LogP contribution >= 0.6 is 11.3 Å². The van der Waals surface area contributed by atoms with Crippen molar-refractivity contribution in [3.05, 3.63) is 88.8 Å². The van der Waals surface area contributed by atoms with Gasteiger partial charge in [0.1, 0.15) is 29.9 Å². The van der Waals surface area contributed by atoms with Crippen molar-refractivity contribution < 1.29 is 13.9 Å². The van der Waals surface area contributed by atoms with Gasteiger partial charge in [-0.1, -0.05) is 43.3 Å². The molecule has 2 aromatic heterocycles. The zero-order valence-electron chi connectivity index (χ0n) is 15.5. The van der Waals surface area contributed by atoms with E-state index in [1.807, 2.05) is 35.7 Å². The molecule has 0 radical (unpaired) electrons. The van der Waals surface area contributed by atoms with E-state index in [2.05, 4.69) is 15.1 Å². The molecular weight excluding hydrogens is 394 g/mol. The van der Waals surface area contributed by atoms with Gasteiger partial charge in [0, 0.05) is 28.5 Å². The molecule has 0 fully saturated rings. The molecule has 2 aromatic carbocycles. The zero-order chi connectivity index (χ0) is 20.4. The molecule has 148 valence electrons. The summed E-state index contributed by atoms with van der Waals surface area (Å²) in [5, 5.41) is 18.2. The summed E-state index contributed by atoms with van der Waals surface area (Å²) >= 11 is 1.38. The second-order valence-electron chi connectivity index (χ2n) is 6.80. The van der Waals surface area contributed by atoms with Crippen LogP contribution in [0.2, 0.25) is 0 Å². The van der Waals surface area contributed by atoms with Crippen LogP contribution < -0.4 is 0 Å². The highest BCUT2D eigenvalue weighted by molar-refractivity contribution is 7.10. The van der Waals surface area contributed by atoms with E-state index in [4.69, 9.17) is 0 Å². The van der Waals surface area contributed by atoms with Crippen molar-refractivity contribution in [3.8, 4) is 11.3 Å². The number of nitrogens with zero attached hydrogens (tertiary/aromatic N) is 4. The molecule has 0 unspecified atom stereocenters. The number of aromatic nitrogens is 4. The minimum absolute atomic E-state index is 0.0154. The largest absolute Gasteiger partial charge is 0.382 e. The van der Waals surface area contributed by atoms with Crippen LogP contribution in [-0.4, -0.2) is 24.9 Å². The predicted molar refractivity (Wildman–Crippen MR) is 106 cm³/mol. The lowest BCUT2D eigenvalue weighted by Crippen LogP contribution is -2.38. The Kier molecular flexibility index (Phi) is 5.21. The van der Waals surface area contributed by atoms with Crippen LogP contribution in [0.4, 0.5) is 8.78 Å². The molecule has 0 aliphatic heterocycles. The Bertz CT molecular complexity index is 1100.